The van der Waals surface area contributed by atoms with Crippen molar-refractivity contribution in [1.29, 1.82) is 0 Å². The molecule has 2 amide bonds. The number of sulfone groups is 1. The summed E-state index contributed by atoms with van der Waals surface area (Å²) in [6.45, 7) is 2.79. The minimum Gasteiger partial charge on any atom is -0.412 e. The van der Waals surface area contributed by atoms with Crippen LogP contribution < -0.4 is 10.6 Å². The predicted octanol–water partition coefficient (Wildman–Crippen LogP) is 1.95. The third-order valence-electron chi connectivity index (χ3n) is 3.14. The van der Waals surface area contributed by atoms with E-state index in [-0.39, 0.29) is 30.6 Å². The second-order valence-corrected chi connectivity index (χ2v) is 7.58. The normalized spacial score (nSPS) is 11.3. The molecule has 0 fully saturated rings. The third kappa shape index (κ3) is 6.02. The lowest BCUT2D eigenvalue weighted by molar-refractivity contribution is 0.240. The van der Waals surface area contributed by atoms with Gasteiger partial charge in [-0.2, -0.15) is 0 Å². The highest BCUT2D eigenvalue weighted by molar-refractivity contribution is 7.90. The second-order valence-electron chi connectivity index (χ2n) is 5.28. The van der Waals surface area contributed by atoms with Crippen LogP contribution in [-0.2, 0) is 22.0 Å². The maximum atomic E-state index is 12.3. The zero-order valence-corrected chi connectivity index (χ0v) is 15.2. The van der Waals surface area contributed by atoms with Gasteiger partial charge in [0.05, 0.1) is 5.75 Å². The molecular weight excluding hydrogens is 368 g/mol. The van der Waals surface area contributed by atoms with Crippen LogP contribution in [0.2, 0.25) is 5.02 Å². The van der Waals surface area contributed by atoms with E-state index in [2.05, 4.69) is 20.8 Å². The molecule has 8 nitrogen and oxygen atoms in total. The molecule has 1 heterocycles. The van der Waals surface area contributed by atoms with Crippen LogP contribution in [0.1, 0.15) is 24.8 Å². The number of rotatable bonds is 8. The minimum atomic E-state index is -3.74. The smallest absolute Gasteiger partial charge is 0.335 e. The van der Waals surface area contributed by atoms with Gasteiger partial charge in [0.2, 0.25) is 15.7 Å². The number of hydrogen-bond donors (Lipinski definition) is 2. The molecule has 2 N–H and O–H groups in total. The highest BCUT2D eigenvalue weighted by atomic mass is 35.5. The van der Waals surface area contributed by atoms with Gasteiger partial charge < -0.3 is 15.1 Å². The zero-order valence-electron chi connectivity index (χ0n) is 13.7. The molecule has 2 aromatic rings. The van der Waals surface area contributed by atoms with Crippen LogP contribution in [0, 0.1) is 0 Å². The minimum absolute atomic E-state index is 0.144. The van der Waals surface area contributed by atoms with E-state index in [1.54, 1.807) is 24.3 Å². The molecule has 0 bridgehead atoms. The van der Waals surface area contributed by atoms with Gasteiger partial charge in [-0.05, 0) is 24.1 Å². The Labute approximate surface area is 150 Å². The zero-order chi connectivity index (χ0) is 18.3. The first-order valence-corrected chi connectivity index (χ1v) is 9.75. The first-order valence-electron chi connectivity index (χ1n) is 7.72. The average molecular weight is 387 g/mol. The fourth-order valence-corrected chi connectivity index (χ4v) is 3.18. The molecule has 0 spiro atoms. The molecular formula is C15H19ClN4O4S. The Balaban J connectivity index is 1.90. The van der Waals surface area contributed by atoms with Crippen molar-refractivity contribution in [2.75, 3.05) is 13.1 Å². The fourth-order valence-electron chi connectivity index (χ4n) is 1.91. The lowest BCUT2D eigenvalue weighted by Crippen LogP contribution is -2.36. The Morgan fingerprint density at radius 2 is 1.84 bits per heavy atom. The number of nitrogens with zero attached hydrogens (tertiary/aromatic N) is 2. The number of carbonyl (C=O) groups is 1. The topological polar surface area (TPSA) is 114 Å². The van der Waals surface area contributed by atoms with Crippen molar-refractivity contribution < 1.29 is 17.6 Å². The number of aromatic nitrogens is 2. The molecule has 25 heavy (non-hydrogen) atoms. The number of nitrogens with one attached hydrogen (secondary N) is 2. The standard InChI is InChI=1S/C15H19ClN4O4S/c1-2-8-17-14(21)18-9-7-13-19-20-15(24-13)25(22,23)10-11-3-5-12(16)6-4-11/h3-6H,2,7-10H2,1H3,(H2,17,18,21). The summed E-state index contributed by atoms with van der Waals surface area (Å²) in [6.07, 6.45) is 1.08. The maximum Gasteiger partial charge on any atom is 0.335 e. The van der Waals surface area contributed by atoms with Crippen molar-refractivity contribution in [3.63, 3.8) is 0 Å². The lowest BCUT2D eigenvalue weighted by Gasteiger charge is -2.04. The number of carbonyl (C=O) groups excluding carboxylic acids is 1. The van der Waals surface area contributed by atoms with Gasteiger partial charge in [-0.25, -0.2) is 13.2 Å². The van der Waals surface area contributed by atoms with Crippen LogP contribution in [0.15, 0.2) is 33.9 Å². The van der Waals surface area contributed by atoms with Gasteiger partial charge in [0.1, 0.15) is 0 Å². The monoisotopic (exact) mass is 386 g/mol. The largest absolute Gasteiger partial charge is 0.412 e. The Morgan fingerprint density at radius 3 is 2.52 bits per heavy atom. The van der Waals surface area contributed by atoms with Crippen molar-refractivity contribution in [3.8, 4) is 0 Å². The first-order chi connectivity index (χ1) is 11.9. The summed E-state index contributed by atoms with van der Waals surface area (Å²) >= 11 is 5.78. The first kappa shape index (κ1) is 19.2. The Bertz CT molecular complexity index is 805. The van der Waals surface area contributed by atoms with Crippen LogP contribution in [-0.4, -0.2) is 37.7 Å². The molecule has 0 unspecified atom stereocenters. The van der Waals surface area contributed by atoms with Crippen LogP contribution in [0.3, 0.4) is 0 Å². The van der Waals surface area contributed by atoms with Gasteiger partial charge >= 0.3 is 11.3 Å². The highest BCUT2D eigenvalue weighted by Gasteiger charge is 2.23. The molecule has 0 saturated carbocycles. The molecule has 0 saturated heterocycles. The number of urea groups is 1. The second kappa shape index (κ2) is 8.82. The molecule has 0 aliphatic heterocycles. The number of halogens is 1. The van der Waals surface area contributed by atoms with E-state index in [1.807, 2.05) is 6.92 Å². The van der Waals surface area contributed by atoms with Crippen molar-refractivity contribution >= 4 is 27.5 Å². The van der Waals surface area contributed by atoms with Gasteiger partial charge in [0, 0.05) is 24.5 Å². The molecule has 0 aliphatic carbocycles. The molecule has 136 valence electrons. The molecule has 0 atom stereocenters. The molecule has 10 heteroatoms. The van der Waals surface area contributed by atoms with E-state index in [0.29, 0.717) is 17.1 Å². The fraction of sp³-hybridized carbons (Fsp3) is 0.400. The van der Waals surface area contributed by atoms with E-state index in [4.69, 9.17) is 16.0 Å². The molecule has 0 radical (unpaired) electrons. The Hall–Kier alpha value is -2.13. The van der Waals surface area contributed by atoms with E-state index >= 15 is 0 Å². The summed E-state index contributed by atoms with van der Waals surface area (Å²) in [4.78, 5) is 11.4. The summed E-state index contributed by atoms with van der Waals surface area (Å²) in [5.41, 5.74) is 0.568. The molecule has 0 aliphatic rings. The number of benzene rings is 1. The van der Waals surface area contributed by atoms with Crippen LogP contribution >= 0.6 is 11.6 Å². The molecule has 2 rings (SSSR count). The lowest BCUT2D eigenvalue weighted by atomic mass is 10.2. The third-order valence-corrected chi connectivity index (χ3v) is 4.81. The van der Waals surface area contributed by atoms with E-state index < -0.39 is 15.1 Å². The van der Waals surface area contributed by atoms with Gasteiger partial charge in [-0.3, -0.25) is 0 Å². The Kier molecular flexibility index (Phi) is 6.77. The summed E-state index contributed by atoms with van der Waals surface area (Å²) in [6, 6.07) is 6.17. The quantitative estimate of drug-likeness (QED) is 0.716. The van der Waals surface area contributed by atoms with Crippen molar-refractivity contribution in [3.05, 3.63) is 40.7 Å². The summed E-state index contributed by atoms with van der Waals surface area (Å²) < 4.78 is 29.8. The molecule has 1 aromatic carbocycles. The van der Waals surface area contributed by atoms with Gasteiger partial charge in [0.15, 0.2) is 0 Å². The van der Waals surface area contributed by atoms with Gasteiger partial charge in [0.25, 0.3) is 0 Å². The van der Waals surface area contributed by atoms with E-state index in [9.17, 15) is 13.2 Å². The van der Waals surface area contributed by atoms with E-state index in [1.165, 1.54) is 0 Å². The number of hydrogen-bond acceptors (Lipinski definition) is 6. The van der Waals surface area contributed by atoms with Crippen molar-refractivity contribution in [1.82, 2.24) is 20.8 Å². The maximum absolute atomic E-state index is 12.3. The van der Waals surface area contributed by atoms with Crippen LogP contribution in [0.5, 0.6) is 0 Å². The van der Waals surface area contributed by atoms with Gasteiger partial charge in [-0.15, -0.1) is 5.10 Å². The Morgan fingerprint density at radius 1 is 1.16 bits per heavy atom. The van der Waals surface area contributed by atoms with Crippen LogP contribution in [0.25, 0.3) is 0 Å². The van der Waals surface area contributed by atoms with Gasteiger partial charge in [-0.1, -0.05) is 35.8 Å². The number of amides is 2. The summed E-state index contributed by atoms with van der Waals surface area (Å²) in [7, 11) is -3.74. The summed E-state index contributed by atoms with van der Waals surface area (Å²) in [5, 5.41) is 12.7. The molecule has 1 aromatic heterocycles. The van der Waals surface area contributed by atoms with Crippen molar-refractivity contribution in [2.45, 2.75) is 30.7 Å². The predicted molar refractivity (Wildman–Crippen MR) is 92.0 cm³/mol. The summed E-state index contributed by atoms with van der Waals surface area (Å²) in [5.74, 6) is -0.116. The van der Waals surface area contributed by atoms with E-state index in [0.717, 1.165) is 6.42 Å². The SMILES string of the molecule is CCCNC(=O)NCCc1nnc(S(=O)(=O)Cc2ccc(Cl)cc2)o1. The van der Waals surface area contributed by atoms with Crippen LogP contribution in [0.4, 0.5) is 4.79 Å². The highest BCUT2D eigenvalue weighted by Crippen LogP contribution is 2.17. The average Bonchev–Trinajstić information content (AvgIpc) is 3.05. The van der Waals surface area contributed by atoms with Crippen molar-refractivity contribution in [2.24, 2.45) is 0 Å².